The second-order valence-corrected chi connectivity index (χ2v) is 5.16. The summed E-state index contributed by atoms with van der Waals surface area (Å²) in [5, 5.41) is 7.66. The van der Waals surface area contributed by atoms with Crippen molar-refractivity contribution >= 4 is 11.7 Å². The van der Waals surface area contributed by atoms with E-state index in [-0.39, 0.29) is 29.9 Å². The summed E-state index contributed by atoms with van der Waals surface area (Å²) >= 11 is 0. The Morgan fingerprint density at radius 2 is 1.86 bits per heavy atom. The summed E-state index contributed by atoms with van der Waals surface area (Å²) in [6, 6.07) is 9.17. The molecule has 1 aromatic heterocycles. The molecule has 2 rings (SSSR count). The number of ketones is 1. The molecule has 0 saturated heterocycles. The number of hydrogen-bond donors (Lipinski definition) is 1. The number of nitrogens with zero attached hydrogens (tertiary/aromatic N) is 2. The van der Waals surface area contributed by atoms with E-state index >= 15 is 0 Å². The molecule has 0 radical (unpaired) electrons. The lowest BCUT2D eigenvalue weighted by Gasteiger charge is -2.15. The maximum Gasteiger partial charge on any atom is 0.284 e. The molecule has 21 heavy (non-hydrogen) atoms. The number of benzene rings is 1. The van der Waals surface area contributed by atoms with Crippen LogP contribution in [0.2, 0.25) is 0 Å². The van der Waals surface area contributed by atoms with Gasteiger partial charge in [0.2, 0.25) is 17.6 Å². The standard InChI is InChI=1S/C15H17N3O3/c1-9(2)11(8-12(16)19)13(20)15-18-17-14(21-15)10-6-4-3-5-7-10/h3-7,9,11H,8H2,1-2H3,(H2,16,19). The van der Waals surface area contributed by atoms with E-state index in [9.17, 15) is 9.59 Å². The van der Waals surface area contributed by atoms with E-state index in [2.05, 4.69) is 10.2 Å². The summed E-state index contributed by atoms with van der Waals surface area (Å²) in [5.41, 5.74) is 5.92. The van der Waals surface area contributed by atoms with Crippen molar-refractivity contribution in [2.24, 2.45) is 17.6 Å². The van der Waals surface area contributed by atoms with Gasteiger partial charge in [0.15, 0.2) is 0 Å². The number of aromatic nitrogens is 2. The highest BCUT2D eigenvalue weighted by molar-refractivity contribution is 5.96. The summed E-state index contributed by atoms with van der Waals surface area (Å²) in [6.45, 7) is 3.69. The van der Waals surface area contributed by atoms with Crippen LogP contribution in [0, 0.1) is 11.8 Å². The Labute approximate surface area is 122 Å². The third-order valence-electron chi connectivity index (χ3n) is 3.22. The van der Waals surface area contributed by atoms with Crippen molar-refractivity contribution in [2.75, 3.05) is 0 Å². The molecule has 6 nitrogen and oxygen atoms in total. The SMILES string of the molecule is CC(C)C(CC(N)=O)C(=O)c1nnc(-c2ccccc2)o1. The minimum atomic E-state index is -0.549. The van der Waals surface area contributed by atoms with E-state index < -0.39 is 11.8 Å². The van der Waals surface area contributed by atoms with Gasteiger partial charge in [-0.2, -0.15) is 0 Å². The number of carbonyl (C=O) groups is 2. The first-order valence-corrected chi connectivity index (χ1v) is 6.70. The van der Waals surface area contributed by atoms with Gasteiger partial charge in [0, 0.05) is 17.9 Å². The minimum absolute atomic E-state index is 0.0282. The molecule has 2 N–H and O–H groups in total. The van der Waals surface area contributed by atoms with Crippen LogP contribution in [-0.2, 0) is 4.79 Å². The highest BCUT2D eigenvalue weighted by Crippen LogP contribution is 2.23. The molecule has 0 aliphatic rings. The third kappa shape index (κ3) is 3.53. The fourth-order valence-electron chi connectivity index (χ4n) is 2.03. The Hall–Kier alpha value is -2.50. The molecule has 0 saturated carbocycles. The fraction of sp³-hybridized carbons (Fsp3) is 0.333. The average Bonchev–Trinajstić information content (AvgIpc) is 2.94. The average molecular weight is 287 g/mol. The van der Waals surface area contributed by atoms with Gasteiger partial charge in [-0.25, -0.2) is 0 Å². The zero-order valence-corrected chi connectivity index (χ0v) is 11.9. The van der Waals surface area contributed by atoms with Crippen LogP contribution in [0.4, 0.5) is 0 Å². The summed E-state index contributed by atoms with van der Waals surface area (Å²) in [4.78, 5) is 23.4. The zero-order chi connectivity index (χ0) is 15.4. The van der Waals surface area contributed by atoms with Crippen molar-refractivity contribution in [3.8, 4) is 11.5 Å². The van der Waals surface area contributed by atoms with Gasteiger partial charge in [-0.05, 0) is 18.1 Å². The molecule has 0 bridgehead atoms. The topological polar surface area (TPSA) is 99.1 Å². The van der Waals surface area contributed by atoms with Crippen molar-refractivity contribution < 1.29 is 14.0 Å². The van der Waals surface area contributed by atoms with Crippen LogP contribution in [0.5, 0.6) is 0 Å². The van der Waals surface area contributed by atoms with Gasteiger partial charge in [0.05, 0.1) is 0 Å². The lowest BCUT2D eigenvalue weighted by Crippen LogP contribution is -2.27. The van der Waals surface area contributed by atoms with E-state index in [1.807, 2.05) is 44.2 Å². The van der Waals surface area contributed by atoms with Crippen LogP contribution in [-0.4, -0.2) is 21.9 Å². The molecular formula is C15H17N3O3. The molecule has 0 spiro atoms. The highest BCUT2D eigenvalue weighted by atomic mass is 16.4. The Morgan fingerprint density at radius 1 is 1.19 bits per heavy atom. The van der Waals surface area contributed by atoms with Crippen molar-refractivity contribution in [2.45, 2.75) is 20.3 Å². The first kappa shape index (κ1) is 14.9. The number of Topliss-reactive ketones (excluding diaryl/α,β-unsaturated/α-hetero) is 1. The van der Waals surface area contributed by atoms with Crippen molar-refractivity contribution in [1.29, 1.82) is 0 Å². The summed E-state index contributed by atoms with van der Waals surface area (Å²) < 4.78 is 5.42. The van der Waals surface area contributed by atoms with Crippen LogP contribution in [0.15, 0.2) is 34.7 Å². The number of hydrogen-bond acceptors (Lipinski definition) is 5. The van der Waals surface area contributed by atoms with Gasteiger partial charge >= 0.3 is 0 Å². The van der Waals surface area contributed by atoms with Gasteiger partial charge in [0.1, 0.15) is 0 Å². The van der Waals surface area contributed by atoms with Gasteiger partial charge in [-0.3, -0.25) is 9.59 Å². The molecule has 1 amide bonds. The van der Waals surface area contributed by atoms with Crippen molar-refractivity contribution in [3.05, 3.63) is 36.2 Å². The largest absolute Gasteiger partial charge is 0.414 e. The van der Waals surface area contributed by atoms with E-state index in [4.69, 9.17) is 10.2 Å². The van der Waals surface area contributed by atoms with Crippen LogP contribution in [0.25, 0.3) is 11.5 Å². The second-order valence-electron chi connectivity index (χ2n) is 5.16. The number of rotatable bonds is 6. The molecular weight excluding hydrogens is 270 g/mol. The molecule has 1 atom stereocenters. The quantitative estimate of drug-likeness (QED) is 0.820. The molecule has 2 aromatic rings. The number of amides is 1. The second kappa shape index (κ2) is 6.30. The molecule has 1 aromatic carbocycles. The Morgan fingerprint density at radius 3 is 2.43 bits per heavy atom. The molecule has 0 aliphatic carbocycles. The monoisotopic (exact) mass is 287 g/mol. The lowest BCUT2D eigenvalue weighted by atomic mass is 9.88. The first-order valence-electron chi connectivity index (χ1n) is 6.70. The number of nitrogens with two attached hydrogens (primary N) is 1. The number of carbonyl (C=O) groups excluding carboxylic acids is 2. The molecule has 0 fully saturated rings. The maximum absolute atomic E-state index is 12.4. The molecule has 6 heteroatoms. The van der Waals surface area contributed by atoms with Gasteiger partial charge in [0.25, 0.3) is 5.89 Å². The van der Waals surface area contributed by atoms with E-state index in [0.717, 1.165) is 5.56 Å². The van der Waals surface area contributed by atoms with Crippen molar-refractivity contribution in [3.63, 3.8) is 0 Å². The van der Waals surface area contributed by atoms with Gasteiger partial charge in [-0.15, -0.1) is 10.2 Å². The Bertz CT molecular complexity index is 635. The predicted molar refractivity (Wildman–Crippen MR) is 76.2 cm³/mol. The Kier molecular flexibility index (Phi) is 4.47. The van der Waals surface area contributed by atoms with E-state index in [1.165, 1.54) is 0 Å². The van der Waals surface area contributed by atoms with Crippen molar-refractivity contribution in [1.82, 2.24) is 10.2 Å². The smallest absolute Gasteiger partial charge is 0.284 e. The molecule has 1 heterocycles. The zero-order valence-electron chi connectivity index (χ0n) is 11.9. The van der Waals surface area contributed by atoms with Gasteiger partial charge in [-0.1, -0.05) is 32.0 Å². The summed E-state index contributed by atoms with van der Waals surface area (Å²) in [6.07, 6.45) is -0.0282. The predicted octanol–water partition coefficient (Wildman–Crippen LogP) is 2.07. The van der Waals surface area contributed by atoms with E-state index in [1.54, 1.807) is 0 Å². The summed E-state index contributed by atoms with van der Waals surface area (Å²) in [5.74, 6) is -1.28. The lowest BCUT2D eigenvalue weighted by molar-refractivity contribution is -0.118. The van der Waals surface area contributed by atoms with Crippen LogP contribution < -0.4 is 5.73 Å². The van der Waals surface area contributed by atoms with Gasteiger partial charge < -0.3 is 10.2 Å². The fourth-order valence-corrected chi connectivity index (χ4v) is 2.03. The van der Waals surface area contributed by atoms with Crippen LogP contribution >= 0.6 is 0 Å². The maximum atomic E-state index is 12.4. The molecule has 110 valence electrons. The minimum Gasteiger partial charge on any atom is -0.414 e. The van der Waals surface area contributed by atoms with Crippen LogP contribution in [0.1, 0.15) is 31.0 Å². The highest BCUT2D eigenvalue weighted by Gasteiger charge is 2.29. The van der Waals surface area contributed by atoms with Crippen LogP contribution in [0.3, 0.4) is 0 Å². The number of primary amides is 1. The summed E-state index contributed by atoms with van der Waals surface area (Å²) in [7, 11) is 0. The Balaban J connectivity index is 2.23. The molecule has 0 aliphatic heterocycles. The van der Waals surface area contributed by atoms with E-state index in [0.29, 0.717) is 0 Å². The normalized spacial score (nSPS) is 12.3. The third-order valence-corrected chi connectivity index (χ3v) is 3.22. The first-order chi connectivity index (χ1) is 9.99. The molecule has 1 unspecified atom stereocenters.